The van der Waals surface area contributed by atoms with E-state index in [1.165, 1.54) is 24.3 Å². The molecular weight excluding hydrogens is 355 g/mol. The van der Waals surface area contributed by atoms with Crippen molar-refractivity contribution in [3.05, 3.63) is 64.9 Å². The van der Waals surface area contributed by atoms with Crippen LogP contribution < -0.4 is 10.0 Å². The van der Waals surface area contributed by atoms with Crippen molar-refractivity contribution < 1.29 is 17.6 Å². The second-order valence-corrected chi connectivity index (χ2v) is 7.13. The highest BCUT2D eigenvalue weighted by molar-refractivity contribution is 7.92. The van der Waals surface area contributed by atoms with E-state index in [4.69, 9.17) is 11.6 Å². The standard InChI is InChI=1S/C16H14ClFN2O3S/c1-24(22,23)20-13-6-2-11(3-7-13)4-9-16(21)19-15-8-5-12(17)10-14(15)18/h2-10,20H,1H3,(H,19,21)/b9-4+. The summed E-state index contributed by atoms with van der Waals surface area (Å²) in [5.74, 6) is -1.13. The maximum Gasteiger partial charge on any atom is 0.248 e. The number of halogens is 2. The van der Waals surface area contributed by atoms with Crippen molar-refractivity contribution in [3.8, 4) is 0 Å². The summed E-state index contributed by atoms with van der Waals surface area (Å²) in [5.41, 5.74) is 1.13. The monoisotopic (exact) mass is 368 g/mol. The van der Waals surface area contributed by atoms with Gasteiger partial charge in [0.15, 0.2) is 0 Å². The van der Waals surface area contributed by atoms with Crippen molar-refractivity contribution in [2.45, 2.75) is 0 Å². The third kappa shape index (κ3) is 5.68. The van der Waals surface area contributed by atoms with Crippen molar-refractivity contribution in [2.75, 3.05) is 16.3 Å². The Kier molecular flexibility index (Phi) is 5.58. The maximum atomic E-state index is 13.6. The molecule has 0 heterocycles. The van der Waals surface area contributed by atoms with Gasteiger partial charge < -0.3 is 5.32 Å². The third-order valence-corrected chi connectivity index (χ3v) is 3.67. The molecule has 0 atom stereocenters. The van der Waals surface area contributed by atoms with Gasteiger partial charge in [-0.05, 0) is 42.0 Å². The first kappa shape index (κ1) is 18.0. The fraction of sp³-hybridized carbons (Fsp3) is 0.0625. The molecule has 0 aliphatic rings. The number of amides is 1. The maximum absolute atomic E-state index is 13.6. The first-order chi connectivity index (χ1) is 11.2. The van der Waals surface area contributed by atoms with Crippen LogP contribution in [-0.4, -0.2) is 20.6 Å². The molecule has 0 unspecified atom stereocenters. The van der Waals surface area contributed by atoms with E-state index in [9.17, 15) is 17.6 Å². The zero-order chi connectivity index (χ0) is 17.7. The van der Waals surface area contributed by atoms with E-state index >= 15 is 0 Å². The van der Waals surface area contributed by atoms with Gasteiger partial charge in [0.1, 0.15) is 5.82 Å². The Hall–Kier alpha value is -2.38. The quantitative estimate of drug-likeness (QED) is 0.793. The van der Waals surface area contributed by atoms with Crippen LogP contribution in [0.15, 0.2) is 48.5 Å². The molecule has 2 aromatic rings. The number of benzene rings is 2. The lowest BCUT2D eigenvalue weighted by Crippen LogP contribution is -2.09. The zero-order valence-corrected chi connectivity index (χ0v) is 14.2. The minimum Gasteiger partial charge on any atom is -0.320 e. The summed E-state index contributed by atoms with van der Waals surface area (Å²) in [6, 6.07) is 10.4. The Labute approximate surface area is 144 Å². The van der Waals surface area contributed by atoms with Gasteiger partial charge in [-0.15, -0.1) is 0 Å². The Bertz CT molecular complexity index is 881. The number of anilines is 2. The van der Waals surface area contributed by atoms with Crippen molar-refractivity contribution >= 4 is 45.0 Å². The predicted octanol–water partition coefficient (Wildman–Crippen LogP) is 3.50. The van der Waals surface area contributed by atoms with Crippen LogP contribution in [0.4, 0.5) is 15.8 Å². The lowest BCUT2D eigenvalue weighted by atomic mass is 10.2. The van der Waals surface area contributed by atoms with Crippen molar-refractivity contribution in [3.63, 3.8) is 0 Å². The van der Waals surface area contributed by atoms with Gasteiger partial charge in [0, 0.05) is 16.8 Å². The number of sulfonamides is 1. The van der Waals surface area contributed by atoms with Crippen LogP contribution in [0.5, 0.6) is 0 Å². The second kappa shape index (κ2) is 7.46. The molecule has 0 aliphatic carbocycles. The molecular formula is C16H14ClFN2O3S. The topological polar surface area (TPSA) is 75.3 Å². The lowest BCUT2D eigenvalue weighted by Gasteiger charge is -2.04. The van der Waals surface area contributed by atoms with Gasteiger partial charge in [0.2, 0.25) is 15.9 Å². The van der Waals surface area contributed by atoms with Crippen molar-refractivity contribution in [1.82, 2.24) is 0 Å². The van der Waals surface area contributed by atoms with Crippen LogP contribution in [0.1, 0.15) is 5.56 Å². The largest absolute Gasteiger partial charge is 0.320 e. The molecule has 1 amide bonds. The smallest absolute Gasteiger partial charge is 0.248 e. The van der Waals surface area contributed by atoms with Gasteiger partial charge in [-0.1, -0.05) is 23.7 Å². The summed E-state index contributed by atoms with van der Waals surface area (Å²) >= 11 is 5.64. The van der Waals surface area contributed by atoms with Crippen LogP contribution in [0.2, 0.25) is 5.02 Å². The van der Waals surface area contributed by atoms with Gasteiger partial charge in [-0.25, -0.2) is 12.8 Å². The van der Waals surface area contributed by atoms with Gasteiger partial charge in [0.05, 0.1) is 11.9 Å². The first-order valence-electron chi connectivity index (χ1n) is 6.75. The molecule has 0 spiro atoms. The average molecular weight is 369 g/mol. The molecule has 0 radical (unpaired) electrons. The van der Waals surface area contributed by atoms with E-state index in [1.54, 1.807) is 24.3 Å². The molecule has 8 heteroatoms. The summed E-state index contributed by atoms with van der Waals surface area (Å²) in [6.07, 6.45) is 3.82. The highest BCUT2D eigenvalue weighted by atomic mass is 35.5. The number of nitrogens with one attached hydrogen (secondary N) is 2. The van der Waals surface area contributed by atoms with Gasteiger partial charge >= 0.3 is 0 Å². The third-order valence-electron chi connectivity index (χ3n) is 2.83. The molecule has 0 fully saturated rings. The Morgan fingerprint density at radius 1 is 1.17 bits per heavy atom. The Morgan fingerprint density at radius 2 is 1.83 bits per heavy atom. The number of rotatable bonds is 5. The summed E-state index contributed by atoms with van der Waals surface area (Å²) < 4.78 is 38.1. The molecule has 0 saturated carbocycles. The first-order valence-corrected chi connectivity index (χ1v) is 9.02. The Balaban J connectivity index is 2.01. The van der Waals surface area contributed by atoms with E-state index < -0.39 is 21.7 Å². The summed E-state index contributed by atoms with van der Waals surface area (Å²) in [5, 5.41) is 2.64. The van der Waals surface area contributed by atoms with Crippen LogP contribution >= 0.6 is 11.6 Å². The number of carbonyl (C=O) groups excluding carboxylic acids is 1. The van der Waals surface area contributed by atoms with Gasteiger partial charge in [-0.3, -0.25) is 9.52 Å². The molecule has 24 heavy (non-hydrogen) atoms. The SMILES string of the molecule is CS(=O)(=O)Nc1ccc(/C=C/C(=O)Nc2ccc(Cl)cc2F)cc1. The van der Waals surface area contributed by atoms with E-state index in [2.05, 4.69) is 10.0 Å². The van der Waals surface area contributed by atoms with Crippen LogP contribution in [0.3, 0.4) is 0 Å². The van der Waals surface area contributed by atoms with E-state index in [0.717, 1.165) is 12.3 Å². The molecule has 126 valence electrons. The normalized spacial score (nSPS) is 11.5. The molecule has 0 saturated heterocycles. The second-order valence-electron chi connectivity index (χ2n) is 4.94. The number of hydrogen-bond donors (Lipinski definition) is 2. The van der Waals surface area contributed by atoms with E-state index in [0.29, 0.717) is 11.3 Å². The Morgan fingerprint density at radius 3 is 2.42 bits per heavy atom. The summed E-state index contributed by atoms with van der Waals surface area (Å²) in [6.45, 7) is 0. The molecule has 0 aromatic heterocycles. The molecule has 0 bridgehead atoms. The summed E-state index contributed by atoms with van der Waals surface area (Å²) in [7, 11) is -3.33. The van der Waals surface area contributed by atoms with Gasteiger partial charge in [0.25, 0.3) is 0 Å². The average Bonchev–Trinajstić information content (AvgIpc) is 2.48. The number of carbonyl (C=O) groups is 1. The highest BCUT2D eigenvalue weighted by Gasteiger charge is 2.05. The fourth-order valence-electron chi connectivity index (χ4n) is 1.81. The molecule has 5 nitrogen and oxygen atoms in total. The van der Waals surface area contributed by atoms with Crippen molar-refractivity contribution in [1.29, 1.82) is 0 Å². The van der Waals surface area contributed by atoms with E-state index in [-0.39, 0.29) is 10.7 Å². The lowest BCUT2D eigenvalue weighted by molar-refractivity contribution is -0.111. The molecule has 2 N–H and O–H groups in total. The van der Waals surface area contributed by atoms with Crippen LogP contribution in [-0.2, 0) is 14.8 Å². The minimum atomic E-state index is -3.33. The predicted molar refractivity (Wildman–Crippen MR) is 94.0 cm³/mol. The molecule has 2 aromatic carbocycles. The number of hydrogen-bond acceptors (Lipinski definition) is 3. The molecule has 2 rings (SSSR count). The van der Waals surface area contributed by atoms with Gasteiger partial charge in [-0.2, -0.15) is 0 Å². The van der Waals surface area contributed by atoms with Crippen molar-refractivity contribution in [2.24, 2.45) is 0 Å². The van der Waals surface area contributed by atoms with E-state index in [1.807, 2.05) is 0 Å². The zero-order valence-electron chi connectivity index (χ0n) is 12.6. The van der Waals surface area contributed by atoms with Crippen LogP contribution in [0.25, 0.3) is 6.08 Å². The van der Waals surface area contributed by atoms with Crippen LogP contribution in [0, 0.1) is 5.82 Å². The minimum absolute atomic E-state index is 0.0294. The molecule has 0 aliphatic heterocycles. The summed E-state index contributed by atoms with van der Waals surface area (Å²) in [4.78, 5) is 11.8. The highest BCUT2D eigenvalue weighted by Crippen LogP contribution is 2.19. The fourth-order valence-corrected chi connectivity index (χ4v) is 2.54.